The van der Waals surface area contributed by atoms with E-state index in [2.05, 4.69) is 114 Å². The van der Waals surface area contributed by atoms with E-state index in [0.717, 1.165) is 54.5 Å². The highest BCUT2D eigenvalue weighted by Crippen LogP contribution is 2.46. The number of oxazole rings is 2. The summed E-state index contributed by atoms with van der Waals surface area (Å²) < 4.78 is 79.2. The van der Waals surface area contributed by atoms with E-state index in [4.69, 9.17) is 65.5 Å². The summed E-state index contributed by atoms with van der Waals surface area (Å²) >= 11 is 0. The van der Waals surface area contributed by atoms with Gasteiger partial charge in [-0.1, -0.05) is 117 Å². The van der Waals surface area contributed by atoms with Gasteiger partial charge >= 0.3 is 5.97 Å². The van der Waals surface area contributed by atoms with Crippen molar-refractivity contribution in [3.63, 3.8) is 0 Å². The second-order valence-corrected chi connectivity index (χ2v) is 36.3. The van der Waals surface area contributed by atoms with Crippen LogP contribution in [0.4, 0.5) is 0 Å². The van der Waals surface area contributed by atoms with Crippen molar-refractivity contribution < 1.29 is 60.4 Å². The summed E-state index contributed by atoms with van der Waals surface area (Å²) in [4.78, 5) is 23.8. The highest BCUT2D eigenvalue weighted by atomic mass is 28.4. The maximum atomic E-state index is 13.8. The maximum Gasteiger partial charge on any atom is 0.330 e. The van der Waals surface area contributed by atoms with Crippen LogP contribution >= 0.6 is 0 Å². The number of fused-ring (bicyclic) bond motifs is 9. The molecule has 5 aliphatic rings. The Morgan fingerprint density at radius 2 is 1.57 bits per heavy atom. The van der Waals surface area contributed by atoms with Crippen molar-refractivity contribution in [3.05, 3.63) is 95.4 Å². The number of carbonyl (C=O) groups excluding carboxylic acids is 1. The van der Waals surface area contributed by atoms with Crippen molar-refractivity contribution in [3.8, 4) is 0 Å². The van der Waals surface area contributed by atoms with Gasteiger partial charge in [-0.05, 0) is 106 Å². The number of aromatic nitrogens is 2. The zero-order valence-corrected chi connectivity index (χ0v) is 55.5. The Hall–Kier alpha value is -3.60. The Kier molecular flexibility index (Phi) is 24.1. The topological polar surface area (TPSA) is 161 Å². The monoisotopic (exact) mass is 1190 g/mol. The summed E-state index contributed by atoms with van der Waals surface area (Å²) in [6.07, 6.45) is 24.6. The third-order valence-corrected chi connectivity index (χ3v) is 25.0. The van der Waals surface area contributed by atoms with Crippen molar-refractivity contribution in [1.29, 1.82) is 0 Å². The molecule has 2 aromatic heterocycles. The second kappa shape index (κ2) is 29.9. The first-order valence-electron chi connectivity index (χ1n) is 31.1. The average Bonchev–Trinajstić information content (AvgIpc) is 4.23. The van der Waals surface area contributed by atoms with Gasteiger partial charge in [0.15, 0.2) is 20.0 Å². The molecule has 0 amide bonds. The Bertz CT molecular complexity index is 2540. The van der Waals surface area contributed by atoms with E-state index in [0.29, 0.717) is 72.6 Å². The Labute approximate surface area is 500 Å². The number of rotatable bonds is 20. The quantitative estimate of drug-likeness (QED) is 0.0532. The third kappa shape index (κ3) is 17.8. The fourth-order valence-corrected chi connectivity index (χ4v) is 20.7. The van der Waals surface area contributed by atoms with E-state index in [1.807, 2.05) is 31.2 Å². The normalized spacial score (nSPS) is 32.6. The van der Waals surface area contributed by atoms with Crippen LogP contribution in [0, 0.1) is 11.8 Å². The number of ether oxygens (including phenoxy) is 8. The molecule has 7 unspecified atom stereocenters. The number of carbonyl (C=O) groups is 1. The largest absolute Gasteiger partial charge is 0.458 e. The minimum atomic E-state index is -2.42. The number of nitrogens with zero attached hydrogens (tertiary/aromatic N) is 2. The molecular weight excluding hydrogens is 1080 g/mol. The van der Waals surface area contributed by atoms with Gasteiger partial charge in [-0.25, -0.2) is 14.8 Å². The highest BCUT2D eigenvalue weighted by molar-refractivity contribution is 6.77. The SMILES string of the molecule is C=C1CC2C/C=C\C(=O)O[C@H]3[C@@H](C)C(C/C=C/c4nc(co4)C4C[C@H](O[Si](C)(C)C)CC(CC(C1)O2)O4)OC(/C(C)=C/c1coc(C[C@]2(OC)C[C@H](OC)CC([C@@H](/C=C(C)/C=C/[C@@H](CCC)OC)O[Si](C(C)C)(C(C)C)C(C)C)O2)n1)[C@@H]3C. The fraction of sp³-hybridized carbons (Fsp3) is 0.712. The second-order valence-electron chi connectivity index (χ2n) is 26.5. The Morgan fingerprint density at radius 3 is 2.24 bits per heavy atom. The molecule has 4 fully saturated rings. The van der Waals surface area contributed by atoms with Gasteiger partial charge in [-0.3, -0.25) is 0 Å². The first-order valence-corrected chi connectivity index (χ1v) is 36.7. The van der Waals surface area contributed by atoms with Crippen LogP contribution in [0.25, 0.3) is 12.2 Å². The molecule has 17 heteroatoms. The van der Waals surface area contributed by atoms with Crippen LogP contribution in [-0.4, -0.2) is 127 Å². The molecule has 7 rings (SSSR count). The van der Waals surface area contributed by atoms with Crippen molar-refractivity contribution in [2.45, 2.75) is 269 Å². The summed E-state index contributed by atoms with van der Waals surface area (Å²) in [5, 5.41) is 0. The van der Waals surface area contributed by atoms with Crippen LogP contribution in [0.15, 0.2) is 81.1 Å². The number of hydrogen-bond acceptors (Lipinski definition) is 15. The van der Waals surface area contributed by atoms with Crippen LogP contribution < -0.4 is 0 Å². The molecule has 4 saturated heterocycles. The molecule has 2 aromatic rings. The lowest BCUT2D eigenvalue weighted by atomic mass is 9.79. The van der Waals surface area contributed by atoms with E-state index in [-0.39, 0.29) is 73.2 Å². The molecule has 15 atom stereocenters. The molecule has 83 heavy (non-hydrogen) atoms. The molecule has 0 aliphatic carbocycles. The van der Waals surface area contributed by atoms with E-state index in [1.165, 1.54) is 0 Å². The van der Waals surface area contributed by atoms with Gasteiger partial charge in [-0.15, -0.1) is 0 Å². The minimum absolute atomic E-state index is 0.0284. The van der Waals surface area contributed by atoms with Crippen LogP contribution in [0.5, 0.6) is 0 Å². The van der Waals surface area contributed by atoms with Crippen molar-refractivity contribution in [2.24, 2.45) is 11.8 Å². The first-order chi connectivity index (χ1) is 39.4. The van der Waals surface area contributed by atoms with Gasteiger partial charge in [0.1, 0.15) is 36.1 Å². The molecule has 0 N–H and O–H groups in total. The number of hydrogen-bond donors (Lipinski definition) is 0. The molecule has 5 aliphatic heterocycles. The maximum absolute atomic E-state index is 13.8. The molecule has 15 nitrogen and oxygen atoms in total. The predicted molar refractivity (Wildman–Crippen MR) is 331 cm³/mol. The van der Waals surface area contributed by atoms with Gasteiger partial charge in [0.25, 0.3) is 0 Å². The Morgan fingerprint density at radius 1 is 0.843 bits per heavy atom. The third-order valence-electron chi connectivity index (χ3n) is 17.9. The lowest BCUT2D eigenvalue weighted by Gasteiger charge is -2.49. The van der Waals surface area contributed by atoms with Gasteiger partial charge < -0.3 is 55.6 Å². The van der Waals surface area contributed by atoms with E-state index in [1.54, 1.807) is 39.9 Å². The molecule has 7 heterocycles. The van der Waals surface area contributed by atoms with Gasteiger partial charge in [-0.2, -0.15) is 0 Å². The van der Waals surface area contributed by atoms with Gasteiger partial charge in [0, 0.05) is 64.9 Å². The van der Waals surface area contributed by atoms with Crippen molar-refractivity contribution >= 4 is 34.8 Å². The summed E-state index contributed by atoms with van der Waals surface area (Å²) in [5.74, 6) is -0.948. The smallest absolute Gasteiger partial charge is 0.330 e. The lowest BCUT2D eigenvalue weighted by Crippen LogP contribution is -2.57. The van der Waals surface area contributed by atoms with Crippen LogP contribution in [0.3, 0.4) is 0 Å². The molecular formula is C66H104N2O13Si2. The standard InChI is InChI=1S/C66H104N2O13Si2/c1-19-22-50(70-13)28-27-44(8)31-60(81-83(41(2)3,42(4)5)43(6)7)59-36-55(71-14)37-66(72-15,79-59)38-62-67-49(39-73-62)32-46(10)64-48(12)65-47(11)57(77-64)24-21-25-61-68-56(40-74-61)58-35-54(80-82(16,17)18)34-53(76-58)33-52-30-45(9)29-51(75-52)23-20-26-63(69)78-65/h20-21,25-28,31-32,39-43,47-48,50-55,57-60,64-65H,9,19,22-24,29-30,33-38H2,1-8,10-18H3/b25-21+,26-20-,28-27+,44-31+,46-32+/t47-,48-,50+,51?,52?,53?,54+,55+,57?,58?,59?,60+,64?,65-,66-/m0/s1. The number of esters is 1. The molecule has 0 radical (unpaired) electrons. The molecule has 0 saturated carbocycles. The van der Waals surface area contributed by atoms with Crippen LogP contribution in [-0.2, 0) is 58.0 Å². The predicted octanol–water partition coefficient (Wildman–Crippen LogP) is 15.0. The summed E-state index contributed by atoms with van der Waals surface area (Å²) in [6, 6.07) is 0. The molecule has 464 valence electrons. The Balaban J connectivity index is 1.14. The summed E-state index contributed by atoms with van der Waals surface area (Å²) in [7, 11) is 0.921. The molecule has 0 spiro atoms. The highest BCUT2D eigenvalue weighted by Gasteiger charge is 2.51. The van der Waals surface area contributed by atoms with Gasteiger partial charge in [0.05, 0.1) is 67.5 Å². The zero-order chi connectivity index (χ0) is 60.4. The van der Waals surface area contributed by atoms with E-state index in [9.17, 15) is 4.79 Å². The lowest BCUT2D eigenvalue weighted by molar-refractivity contribution is -0.297. The van der Waals surface area contributed by atoms with Crippen molar-refractivity contribution in [2.75, 3.05) is 21.3 Å². The summed E-state index contributed by atoms with van der Waals surface area (Å²) in [6.45, 7) is 35.4. The minimum Gasteiger partial charge on any atom is -0.458 e. The van der Waals surface area contributed by atoms with Crippen LogP contribution in [0.1, 0.15) is 176 Å². The van der Waals surface area contributed by atoms with E-state index >= 15 is 0 Å². The van der Waals surface area contributed by atoms with Crippen molar-refractivity contribution in [1.82, 2.24) is 9.97 Å². The molecule has 0 aromatic carbocycles. The van der Waals surface area contributed by atoms with E-state index < -0.39 is 46.7 Å². The fourth-order valence-electron chi connectivity index (χ4n) is 14.0. The zero-order valence-electron chi connectivity index (χ0n) is 53.5. The number of methoxy groups -OCH3 is 3. The van der Waals surface area contributed by atoms with Gasteiger partial charge in [0.2, 0.25) is 14.2 Å². The average molecular weight is 1190 g/mol. The van der Waals surface area contributed by atoms with Crippen LogP contribution in [0.2, 0.25) is 36.3 Å². The first kappa shape index (κ1) is 66.9. The summed E-state index contributed by atoms with van der Waals surface area (Å²) in [5.41, 5.74) is 5.56. The number of allylic oxidation sites excluding steroid dienone is 2. The molecule has 8 bridgehead atoms.